The van der Waals surface area contributed by atoms with Crippen LogP contribution in [0.5, 0.6) is 0 Å². The standard InChI is InChI=1S/C20H24N4O2/c1-12(2)24-10-15(9-21-24)17-8-14(4)19-16(22-18(25)11-26-5)7-6-13(3)20(19)23-17/h6-10,12H,11H2,1-5H3,(H,22,25). The van der Waals surface area contributed by atoms with Crippen LogP contribution in [-0.4, -0.2) is 34.4 Å². The first-order chi connectivity index (χ1) is 12.4. The Kier molecular flexibility index (Phi) is 5.04. The van der Waals surface area contributed by atoms with E-state index >= 15 is 0 Å². The van der Waals surface area contributed by atoms with Crippen LogP contribution >= 0.6 is 0 Å². The van der Waals surface area contributed by atoms with Gasteiger partial charge in [-0.3, -0.25) is 9.48 Å². The van der Waals surface area contributed by atoms with E-state index in [1.807, 2.05) is 49.1 Å². The van der Waals surface area contributed by atoms with E-state index in [9.17, 15) is 4.79 Å². The molecule has 3 rings (SSSR count). The van der Waals surface area contributed by atoms with Gasteiger partial charge in [-0.1, -0.05) is 6.07 Å². The Labute approximate surface area is 153 Å². The molecule has 0 radical (unpaired) electrons. The predicted molar refractivity (Wildman–Crippen MR) is 103 cm³/mol. The van der Waals surface area contributed by atoms with Crippen molar-refractivity contribution in [2.24, 2.45) is 0 Å². The SMILES string of the molecule is COCC(=O)Nc1ccc(C)c2nc(-c3cnn(C(C)C)c3)cc(C)c12. The summed E-state index contributed by atoms with van der Waals surface area (Å²) in [5.74, 6) is -0.181. The van der Waals surface area contributed by atoms with Crippen molar-refractivity contribution in [2.45, 2.75) is 33.7 Å². The minimum atomic E-state index is -0.181. The fourth-order valence-corrected chi connectivity index (χ4v) is 2.99. The van der Waals surface area contributed by atoms with Gasteiger partial charge in [0.2, 0.25) is 5.91 Å². The maximum atomic E-state index is 11.9. The zero-order valence-corrected chi connectivity index (χ0v) is 15.8. The molecule has 2 aromatic heterocycles. The van der Waals surface area contributed by atoms with E-state index in [1.165, 1.54) is 7.11 Å². The van der Waals surface area contributed by atoms with E-state index in [0.717, 1.165) is 39.0 Å². The summed E-state index contributed by atoms with van der Waals surface area (Å²) in [4.78, 5) is 16.8. The summed E-state index contributed by atoms with van der Waals surface area (Å²) in [5.41, 5.74) is 5.61. The van der Waals surface area contributed by atoms with Crippen molar-refractivity contribution in [1.82, 2.24) is 14.8 Å². The van der Waals surface area contributed by atoms with Crippen LogP contribution in [0.4, 0.5) is 5.69 Å². The maximum Gasteiger partial charge on any atom is 0.250 e. The topological polar surface area (TPSA) is 69.0 Å². The van der Waals surface area contributed by atoms with Crippen LogP contribution in [-0.2, 0) is 9.53 Å². The van der Waals surface area contributed by atoms with Crippen molar-refractivity contribution < 1.29 is 9.53 Å². The summed E-state index contributed by atoms with van der Waals surface area (Å²) in [5, 5.41) is 8.27. The number of nitrogens with one attached hydrogen (secondary N) is 1. The number of rotatable bonds is 5. The van der Waals surface area contributed by atoms with Crippen LogP contribution in [0, 0.1) is 13.8 Å². The lowest BCUT2D eigenvalue weighted by atomic mass is 10.0. The number of fused-ring (bicyclic) bond motifs is 1. The van der Waals surface area contributed by atoms with E-state index < -0.39 is 0 Å². The second-order valence-corrected chi connectivity index (χ2v) is 6.76. The second kappa shape index (κ2) is 7.25. The van der Waals surface area contributed by atoms with Gasteiger partial charge in [0.05, 0.1) is 23.1 Å². The molecule has 1 amide bonds. The summed E-state index contributed by atoms with van der Waals surface area (Å²) in [6.07, 6.45) is 3.85. The number of aryl methyl sites for hydroxylation is 2. The summed E-state index contributed by atoms with van der Waals surface area (Å²) in [6, 6.07) is 6.22. The number of carbonyl (C=O) groups is 1. The zero-order valence-electron chi connectivity index (χ0n) is 15.8. The smallest absolute Gasteiger partial charge is 0.250 e. The summed E-state index contributed by atoms with van der Waals surface area (Å²) >= 11 is 0. The van der Waals surface area contributed by atoms with Gasteiger partial charge in [-0.25, -0.2) is 4.98 Å². The fraction of sp³-hybridized carbons (Fsp3) is 0.350. The Morgan fingerprint density at radius 3 is 2.69 bits per heavy atom. The molecule has 0 bridgehead atoms. The number of hydrogen-bond donors (Lipinski definition) is 1. The largest absolute Gasteiger partial charge is 0.375 e. The van der Waals surface area contributed by atoms with Crippen molar-refractivity contribution in [1.29, 1.82) is 0 Å². The third kappa shape index (κ3) is 3.46. The van der Waals surface area contributed by atoms with Crippen molar-refractivity contribution in [3.05, 3.63) is 41.7 Å². The molecular formula is C20H24N4O2. The molecule has 0 spiro atoms. The Balaban J connectivity index is 2.10. The van der Waals surface area contributed by atoms with Crippen molar-refractivity contribution in [3.8, 4) is 11.3 Å². The Hall–Kier alpha value is -2.73. The highest BCUT2D eigenvalue weighted by Crippen LogP contribution is 2.31. The average Bonchev–Trinajstić information content (AvgIpc) is 3.08. The lowest BCUT2D eigenvalue weighted by Gasteiger charge is -2.13. The van der Waals surface area contributed by atoms with E-state index in [2.05, 4.69) is 24.3 Å². The van der Waals surface area contributed by atoms with E-state index in [4.69, 9.17) is 9.72 Å². The molecule has 0 atom stereocenters. The van der Waals surface area contributed by atoms with Crippen LogP contribution in [0.15, 0.2) is 30.6 Å². The molecule has 1 aromatic carbocycles. The van der Waals surface area contributed by atoms with Gasteiger partial charge in [0.1, 0.15) is 6.61 Å². The molecule has 1 N–H and O–H groups in total. The third-order valence-corrected chi connectivity index (χ3v) is 4.34. The van der Waals surface area contributed by atoms with Gasteiger partial charge in [0.15, 0.2) is 0 Å². The highest BCUT2D eigenvalue weighted by atomic mass is 16.5. The first-order valence-electron chi connectivity index (χ1n) is 8.65. The quantitative estimate of drug-likeness (QED) is 0.756. The van der Waals surface area contributed by atoms with E-state index in [-0.39, 0.29) is 12.5 Å². The molecule has 0 saturated carbocycles. The first-order valence-corrected chi connectivity index (χ1v) is 8.65. The van der Waals surface area contributed by atoms with Crippen LogP contribution in [0.1, 0.15) is 31.0 Å². The average molecular weight is 352 g/mol. The second-order valence-electron chi connectivity index (χ2n) is 6.76. The minimum absolute atomic E-state index is 0.0221. The number of amides is 1. The van der Waals surface area contributed by atoms with Crippen LogP contribution < -0.4 is 5.32 Å². The highest BCUT2D eigenvalue weighted by Gasteiger charge is 2.14. The molecule has 0 saturated heterocycles. The summed E-state index contributed by atoms with van der Waals surface area (Å²) in [6.45, 7) is 8.26. The van der Waals surface area contributed by atoms with Gasteiger partial charge in [0.25, 0.3) is 0 Å². The number of hydrogen-bond acceptors (Lipinski definition) is 4. The Morgan fingerprint density at radius 1 is 1.27 bits per heavy atom. The normalized spacial score (nSPS) is 11.3. The first kappa shape index (κ1) is 18.1. The number of benzene rings is 1. The Bertz CT molecular complexity index is 960. The molecule has 136 valence electrons. The number of methoxy groups -OCH3 is 1. The monoisotopic (exact) mass is 352 g/mol. The Morgan fingerprint density at radius 2 is 2.04 bits per heavy atom. The minimum Gasteiger partial charge on any atom is -0.375 e. The number of pyridine rings is 1. The van der Waals surface area contributed by atoms with Gasteiger partial charge in [-0.15, -0.1) is 0 Å². The van der Waals surface area contributed by atoms with Crippen molar-refractivity contribution >= 4 is 22.5 Å². The molecule has 0 unspecified atom stereocenters. The predicted octanol–water partition coefficient (Wildman–Crippen LogP) is 3.88. The van der Waals surface area contributed by atoms with Gasteiger partial charge < -0.3 is 10.1 Å². The molecule has 0 aliphatic carbocycles. The maximum absolute atomic E-state index is 11.9. The molecule has 0 fully saturated rings. The van der Waals surface area contributed by atoms with E-state index in [0.29, 0.717) is 6.04 Å². The fourth-order valence-electron chi connectivity index (χ4n) is 2.99. The molecule has 26 heavy (non-hydrogen) atoms. The number of aromatic nitrogens is 3. The molecule has 2 heterocycles. The van der Waals surface area contributed by atoms with Gasteiger partial charge in [-0.05, 0) is 51.0 Å². The van der Waals surface area contributed by atoms with Gasteiger partial charge in [0, 0.05) is 30.3 Å². The summed E-state index contributed by atoms with van der Waals surface area (Å²) < 4.78 is 6.82. The van der Waals surface area contributed by atoms with Crippen LogP contribution in [0.3, 0.4) is 0 Å². The third-order valence-electron chi connectivity index (χ3n) is 4.34. The highest BCUT2D eigenvalue weighted by molar-refractivity contribution is 6.04. The number of ether oxygens (including phenoxy) is 1. The van der Waals surface area contributed by atoms with Crippen molar-refractivity contribution in [2.75, 3.05) is 19.0 Å². The number of anilines is 1. The molecule has 0 aliphatic rings. The zero-order chi connectivity index (χ0) is 18.8. The molecule has 6 heteroatoms. The lowest BCUT2D eigenvalue weighted by Crippen LogP contribution is -2.17. The van der Waals surface area contributed by atoms with Crippen molar-refractivity contribution in [3.63, 3.8) is 0 Å². The molecular weight excluding hydrogens is 328 g/mol. The van der Waals surface area contributed by atoms with E-state index in [1.54, 1.807) is 0 Å². The number of nitrogens with zero attached hydrogens (tertiary/aromatic N) is 3. The van der Waals surface area contributed by atoms with Gasteiger partial charge in [-0.2, -0.15) is 5.10 Å². The molecule has 6 nitrogen and oxygen atoms in total. The number of carbonyl (C=O) groups excluding carboxylic acids is 1. The summed E-state index contributed by atoms with van der Waals surface area (Å²) in [7, 11) is 1.50. The van der Waals surface area contributed by atoms with Crippen LogP contribution in [0.25, 0.3) is 22.2 Å². The van der Waals surface area contributed by atoms with Gasteiger partial charge >= 0.3 is 0 Å². The molecule has 3 aromatic rings. The molecule has 0 aliphatic heterocycles. The van der Waals surface area contributed by atoms with Crippen LogP contribution in [0.2, 0.25) is 0 Å². The lowest BCUT2D eigenvalue weighted by molar-refractivity contribution is -0.119.